The molecule has 1 N–H and O–H groups in total. The van der Waals surface area contributed by atoms with Crippen LogP contribution in [0.2, 0.25) is 0 Å². The summed E-state index contributed by atoms with van der Waals surface area (Å²) in [7, 11) is 1.64. The maximum Gasteiger partial charge on any atom is 0.235 e. The molecule has 0 radical (unpaired) electrons. The van der Waals surface area contributed by atoms with Crippen LogP contribution in [0.5, 0.6) is 5.75 Å². The Labute approximate surface area is 162 Å². The lowest BCUT2D eigenvalue weighted by molar-refractivity contribution is -0.113. The lowest BCUT2D eigenvalue weighted by Crippen LogP contribution is -2.15. The van der Waals surface area contributed by atoms with E-state index < -0.39 is 0 Å². The number of hydrogen-bond acceptors (Lipinski definition) is 4. The molecule has 0 saturated heterocycles. The number of carbonyl (C=O) groups excluding carboxylic acids is 1. The van der Waals surface area contributed by atoms with E-state index in [9.17, 15) is 4.79 Å². The molecule has 0 unspecified atom stereocenters. The molecule has 0 bridgehead atoms. The third kappa shape index (κ3) is 3.32. The van der Waals surface area contributed by atoms with Crippen molar-refractivity contribution < 1.29 is 9.53 Å². The number of rotatable bonds is 3. The Hall–Kier alpha value is -2.73. The summed E-state index contributed by atoms with van der Waals surface area (Å²) in [4.78, 5) is 12.4. The van der Waals surface area contributed by atoms with Crippen molar-refractivity contribution in [1.82, 2.24) is 9.78 Å². The molecular formula is C21H21N3O2S. The smallest absolute Gasteiger partial charge is 0.235 e. The lowest BCUT2D eigenvalue weighted by Gasteiger charge is -2.15. The third-order valence-electron chi connectivity index (χ3n) is 4.70. The van der Waals surface area contributed by atoms with Crippen LogP contribution < -0.4 is 10.1 Å². The van der Waals surface area contributed by atoms with Crippen molar-refractivity contribution in [3.8, 4) is 11.4 Å². The summed E-state index contributed by atoms with van der Waals surface area (Å²) in [5, 5.41) is 7.86. The van der Waals surface area contributed by atoms with E-state index in [0.29, 0.717) is 5.75 Å². The number of hydrogen-bond donors (Lipinski definition) is 1. The molecule has 4 rings (SSSR count). The average molecular weight is 379 g/mol. The summed E-state index contributed by atoms with van der Waals surface area (Å²) in [5.74, 6) is 1.93. The van der Waals surface area contributed by atoms with Gasteiger partial charge in [-0.25, -0.2) is 4.68 Å². The number of nitrogens with zero attached hydrogens (tertiary/aromatic N) is 2. The van der Waals surface area contributed by atoms with Crippen LogP contribution in [0.4, 0.5) is 5.82 Å². The summed E-state index contributed by atoms with van der Waals surface area (Å²) < 4.78 is 7.06. The second-order valence-electron chi connectivity index (χ2n) is 6.61. The van der Waals surface area contributed by atoms with Crippen LogP contribution in [0.3, 0.4) is 0 Å². The first kappa shape index (κ1) is 17.7. The van der Waals surface area contributed by atoms with Crippen molar-refractivity contribution in [2.45, 2.75) is 19.1 Å². The van der Waals surface area contributed by atoms with Crippen LogP contribution >= 0.6 is 11.8 Å². The molecule has 1 aromatic heterocycles. The van der Waals surface area contributed by atoms with Gasteiger partial charge in [-0.05, 0) is 43.7 Å². The van der Waals surface area contributed by atoms with Gasteiger partial charge < -0.3 is 10.1 Å². The van der Waals surface area contributed by atoms with Gasteiger partial charge in [0, 0.05) is 5.56 Å². The molecule has 6 heteroatoms. The topological polar surface area (TPSA) is 56.1 Å². The summed E-state index contributed by atoms with van der Waals surface area (Å²) in [6.07, 6.45) is 0. The van der Waals surface area contributed by atoms with Crippen LogP contribution in [-0.2, 0) is 4.79 Å². The van der Waals surface area contributed by atoms with Gasteiger partial charge in [-0.1, -0.05) is 29.8 Å². The van der Waals surface area contributed by atoms with Gasteiger partial charge >= 0.3 is 0 Å². The maximum absolute atomic E-state index is 12.4. The van der Waals surface area contributed by atoms with E-state index in [0.717, 1.165) is 28.5 Å². The normalized spacial score (nSPS) is 16.4. The van der Waals surface area contributed by atoms with Crippen LogP contribution in [0, 0.1) is 13.8 Å². The standard InChI is InChI=1S/C21H21N3O2S/c1-13-4-6-15(7-5-13)20-19-14(2)23-24(21(19)22-18(25)12-27-20)16-8-10-17(26-3)11-9-16/h4-11,20H,12H2,1-3H3,(H,22,25)/t20-/m1/s1. The predicted molar refractivity (Wildman–Crippen MR) is 109 cm³/mol. The van der Waals surface area contributed by atoms with Crippen molar-refractivity contribution >= 4 is 23.5 Å². The number of amides is 1. The van der Waals surface area contributed by atoms with E-state index in [2.05, 4.69) is 36.5 Å². The minimum absolute atomic E-state index is 0.00877. The Morgan fingerprint density at radius 1 is 1.11 bits per heavy atom. The fourth-order valence-corrected chi connectivity index (χ4v) is 4.49. The number of fused-ring (bicyclic) bond motifs is 1. The number of carbonyl (C=O) groups is 1. The highest BCUT2D eigenvalue weighted by atomic mass is 32.2. The molecule has 1 aliphatic heterocycles. The fraction of sp³-hybridized carbons (Fsp3) is 0.238. The van der Waals surface area contributed by atoms with Crippen LogP contribution in [-0.4, -0.2) is 28.6 Å². The number of anilines is 1. The molecule has 138 valence electrons. The molecule has 1 amide bonds. The van der Waals surface area contributed by atoms with Crippen LogP contribution in [0.1, 0.15) is 27.6 Å². The van der Waals surface area contributed by atoms with Gasteiger partial charge in [0.15, 0.2) is 0 Å². The number of aryl methyl sites for hydroxylation is 2. The van der Waals surface area contributed by atoms with Crippen molar-refractivity contribution in [3.63, 3.8) is 0 Å². The zero-order chi connectivity index (χ0) is 19.0. The number of ether oxygens (including phenoxy) is 1. The summed E-state index contributed by atoms with van der Waals surface area (Å²) in [6.45, 7) is 4.07. The first-order valence-electron chi connectivity index (χ1n) is 8.79. The highest BCUT2D eigenvalue weighted by Gasteiger charge is 2.30. The second-order valence-corrected chi connectivity index (χ2v) is 7.70. The van der Waals surface area contributed by atoms with Gasteiger partial charge in [0.05, 0.1) is 29.5 Å². The molecule has 0 spiro atoms. The Morgan fingerprint density at radius 2 is 1.81 bits per heavy atom. The van der Waals surface area contributed by atoms with Crippen molar-refractivity contribution in [3.05, 3.63) is 70.9 Å². The molecule has 2 aromatic carbocycles. The molecule has 1 aliphatic rings. The van der Waals surface area contributed by atoms with Gasteiger partial charge in [0.2, 0.25) is 5.91 Å². The lowest BCUT2D eigenvalue weighted by atomic mass is 10.0. The number of nitrogens with one attached hydrogen (secondary N) is 1. The molecule has 1 atom stereocenters. The molecular weight excluding hydrogens is 358 g/mol. The van der Waals surface area contributed by atoms with Gasteiger partial charge in [-0.3, -0.25) is 4.79 Å². The van der Waals surface area contributed by atoms with Gasteiger partial charge in [0.1, 0.15) is 11.6 Å². The van der Waals surface area contributed by atoms with E-state index >= 15 is 0 Å². The number of aromatic nitrogens is 2. The Balaban J connectivity index is 1.84. The predicted octanol–water partition coefficient (Wildman–Crippen LogP) is 4.27. The Kier molecular flexibility index (Phi) is 4.66. The molecule has 3 aromatic rings. The molecule has 27 heavy (non-hydrogen) atoms. The van der Waals surface area contributed by atoms with Crippen molar-refractivity contribution in [2.24, 2.45) is 0 Å². The number of benzene rings is 2. The van der Waals surface area contributed by atoms with E-state index in [1.165, 1.54) is 11.1 Å². The Bertz CT molecular complexity index is 978. The van der Waals surface area contributed by atoms with E-state index in [4.69, 9.17) is 9.84 Å². The van der Waals surface area contributed by atoms with Crippen molar-refractivity contribution in [1.29, 1.82) is 0 Å². The quantitative estimate of drug-likeness (QED) is 0.738. The van der Waals surface area contributed by atoms with Crippen molar-refractivity contribution in [2.75, 3.05) is 18.2 Å². The summed E-state index contributed by atoms with van der Waals surface area (Å²) in [6, 6.07) is 16.2. The van der Waals surface area contributed by atoms with E-state index in [1.807, 2.05) is 35.9 Å². The van der Waals surface area contributed by atoms with E-state index in [1.54, 1.807) is 18.9 Å². The summed E-state index contributed by atoms with van der Waals surface area (Å²) >= 11 is 1.64. The zero-order valence-electron chi connectivity index (χ0n) is 15.5. The first-order valence-corrected chi connectivity index (χ1v) is 9.83. The second kappa shape index (κ2) is 7.12. The molecule has 0 saturated carbocycles. The Morgan fingerprint density at radius 3 is 2.48 bits per heavy atom. The largest absolute Gasteiger partial charge is 0.497 e. The highest BCUT2D eigenvalue weighted by Crippen LogP contribution is 2.43. The van der Waals surface area contributed by atoms with Gasteiger partial charge in [0.25, 0.3) is 0 Å². The molecule has 5 nitrogen and oxygen atoms in total. The van der Waals surface area contributed by atoms with Gasteiger partial charge in [-0.2, -0.15) is 5.10 Å². The first-order chi connectivity index (χ1) is 13.1. The SMILES string of the molecule is COc1ccc(-n2nc(C)c3c2NC(=O)CS[C@@H]3c2ccc(C)cc2)cc1. The summed E-state index contributed by atoms with van der Waals surface area (Å²) in [5.41, 5.74) is 5.26. The number of methoxy groups -OCH3 is 1. The zero-order valence-corrected chi connectivity index (χ0v) is 16.3. The average Bonchev–Trinajstić information content (AvgIpc) is 2.88. The molecule has 0 fully saturated rings. The third-order valence-corrected chi connectivity index (χ3v) is 5.97. The monoisotopic (exact) mass is 379 g/mol. The number of thioether (sulfide) groups is 1. The minimum atomic E-state index is -0.00877. The van der Waals surface area contributed by atoms with Crippen LogP contribution in [0.15, 0.2) is 48.5 Å². The minimum Gasteiger partial charge on any atom is -0.497 e. The molecule has 2 heterocycles. The fourth-order valence-electron chi connectivity index (χ4n) is 3.30. The van der Waals surface area contributed by atoms with E-state index in [-0.39, 0.29) is 11.2 Å². The van der Waals surface area contributed by atoms with Gasteiger partial charge in [-0.15, -0.1) is 11.8 Å². The molecule has 0 aliphatic carbocycles. The maximum atomic E-state index is 12.4. The van der Waals surface area contributed by atoms with Crippen LogP contribution in [0.25, 0.3) is 5.69 Å². The highest BCUT2D eigenvalue weighted by molar-refractivity contribution is 8.00.